The van der Waals surface area contributed by atoms with Crippen molar-refractivity contribution < 1.29 is 0 Å². The van der Waals surface area contributed by atoms with Crippen LogP contribution in [0, 0.1) is 11.8 Å². The third-order valence-electron chi connectivity index (χ3n) is 3.89. The Balaban J connectivity index is 1.64. The molecule has 0 saturated carbocycles. The van der Waals surface area contributed by atoms with E-state index in [1.54, 1.807) is 11.3 Å². The van der Waals surface area contributed by atoms with Crippen molar-refractivity contribution in [3.05, 3.63) is 29.2 Å². The molecule has 112 valence electrons. The largest absolute Gasteiger partial charge is 0.316 e. The smallest absolute Gasteiger partial charge is 0.171 e. The summed E-state index contributed by atoms with van der Waals surface area (Å²) in [5, 5.41) is 3.57. The minimum atomic E-state index is 0.714. The number of hydrogen-bond acceptors (Lipinski definition) is 5. The van der Waals surface area contributed by atoms with Gasteiger partial charge in [-0.05, 0) is 49.8 Å². The lowest BCUT2D eigenvalue weighted by molar-refractivity contribution is 0.405. The maximum Gasteiger partial charge on any atom is 0.171 e. The maximum absolute atomic E-state index is 4.74. The molecule has 1 unspecified atom stereocenters. The van der Waals surface area contributed by atoms with E-state index in [4.69, 9.17) is 4.98 Å². The van der Waals surface area contributed by atoms with E-state index in [1.807, 2.05) is 17.9 Å². The van der Waals surface area contributed by atoms with E-state index >= 15 is 0 Å². The number of aromatic nitrogens is 3. The van der Waals surface area contributed by atoms with Crippen molar-refractivity contribution in [1.82, 2.24) is 20.3 Å². The highest BCUT2D eigenvalue weighted by molar-refractivity contribution is 7.13. The predicted octanol–water partition coefficient (Wildman–Crippen LogP) is 2.95. The standard InChI is InChI=1S/C16H22N4S/c1-11(2)6-17-7-12-3-4-14-13(5-12)8-19-16(20-14)15-9-18-10-21-15/h8-12,17H,3-7H2,1-2H3. The Hall–Kier alpha value is -1.33. The van der Waals surface area contributed by atoms with Crippen molar-refractivity contribution in [3.8, 4) is 10.7 Å². The zero-order valence-corrected chi connectivity index (χ0v) is 13.5. The molecule has 1 N–H and O–H groups in total. The first-order valence-corrected chi connectivity index (χ1v) is 8.54. The molecule has 0 fully saturated rings. The van der Waals surface area contributed by atoms with Gasteiger partial charge in [-0.25, -0.2) is 9.97 Å². The maximum atomic E-state index is 4.74. The Labute approximate surface area is 130 Å². The van der Waals surface area contributed by atoms with Gasteiger partial charge in [0, 0.05) is 18.1 Å². The van der Waals surface area contributed by atoms with Gasteiger partial charge in [-0.1, -0.05) is 13.8 Å². The summed E-state index contributed by atoms with van der Waals surface area (Å²) in [4.78, 5) is 14.4. The van der Waals surface area contributed by atoms with Gasteiger partial charge in [-0.3, -0.25) is 4.98 Å². The van der Waals surface area contributed by atoms with Crippen LogP contribution >= 0.6 is 11.3 Å². The van der Waals surface area contributed by atoms with Gasteiger partial charge in [0.15, 0.2) is 5.82 Å². The van der Waals surface area contributed by atoms with Gasteiger partial charge in [0.05, 0.1) is 10.4 Å². The Morgan fingerprint density at radius 1 is 1.38 bits per heavy atom. The molecule has 0 aliphatic heterocycles. The molecule has 0 bridgehead atoms. The molecular formula is C16H22N4S. The van der Waals surface area contributed by atoms with Crippen LogP contribution in [0.3, 0.4) is 0 Å². The molecule has 0 spiro atoms. The van der Waals surface area contributed by atoms with Crippen LogP contribution in [0.2, 0.25) is 0 Å². The molecule has 1 atom stereocenters. The van der Waals surface area contributed by atoms with E-state index in [0.717, 1.165) is 36.6 Å². The van der Waals surface area contributed by atoms with Crippen molar-refractivity contribution in [2.75, 3.05) is 13.1 Å². The van der Waals surface area contributed by atoms with Crippen LogP contribution in [0.1, 0.15) is 31.5 Å². The molecule has 4 nitrogen and oxygen atoms in total. The zero-order valence-electron chi connectivity index (χ0n) is 12.7. The van der Waals surface area contributed by atoms with Crippen LogP contribution in [-0.4, -0.2) is 28.0 Å². The third-order valence-corrected chi connectivity index (χ3v) is 4.66. The van der Waals surface area contributed by atoms with Crippen LogP contribution in [-0.2, 0) is 12.8 Å². The fraction of sp³-hybridized carbons (Fsp3) is 0.562. The van der Waals surface area contributed by atoms with Gasteiger partial charge in [0.2, 0.25) is 0 Å². The van der Waals surface area contributed by atoms with Crippen LogP contribution in [0.5, 0.6) is 0 Å². The number of nitrogens with zero attached hydrogens (tertiary/aromatic N) is 3. The molecule has 2 heterocycles. The molecule has 1 aliphatic carbocycles. The topological polar surface area (TPSA) is 50.7 Å². The summed E-state index contributed by atoms with van der Waals surface area (Å²) in [7, 11) is 0. The third kappa shape index (κ3) is 3.66. The number of aryl methyl sites for hydroxylation is 1. The Bertz CT molecular complexity index is 580. The highest BCUT2D eigenvalue weighted by Crippen LogP contribution is 2.26. The monoisotopic (exact) mass is 302 g/mol. The first-order valence-electron chi connectivity index (χ1n) is 7.66. The van der Waals surface area contributed by atoms with Crippen LogP contribution in [0.4, 0.5) is 0 Å². The van der Waals surface area contributed by atoms with Crippen LogP contribution in [0.25, 0.3) is 10.7 Å². The first kappa shape index (κ1) is 14.6. The lowest BCUT2D eigenvalue weighted by atomic mass is 9.87. The van der Waals surface area contributed by atoms with Crippen LogP contribution in [0.15, 0.2) is 17.9 Å². The molecule has 21 heavy (non-hydrogen) atoms. The summed E-state index contributed by atoms with van der Waals surface area (Å²) >= 11 is 1.59. The van der Waals surface area contributed by atoms with E-state index < -0.39 is 0 Å². The van der Waals surface area contributed by atoms with Crippen molar-refractivity contribution in [3.63, 3.8) is 0 Å². The molecule has 2 aromatic rings. The van der Waals surface area contributed by atoms with Crippen molar-refractivity contribution in [2.45, 2.75) is 33.1 Å². The average Bonchev–Trinajstić information content (AvgIpc) is 3.00. The Morgan fingerprint density at radius 3 is 3.05 bits per heavy atom. The van der Waals surface area contributed by atoms with E-state index in [-0.39, 0.29) is 0 Å². The van der Waals surface area contributed by atoms with Gasteiger partial charge in [-0.15, -0.1) is 11.3 Å². The second-order valence-corrected chi connectivity index (χ2v) is 7.08. The van der Waals surface area contributed by atoms with E-state index in [1.165, 1.54) is 17.7 Å². The van der Waals surface area contributed by atoms with Gasteiger partial charge in [0.25, 0.3) is 0 Å². The number of thiazole rings is 1. The summed E-state index contributed by atoms with van der Waals surface area (Å²) in [6, 6.07) is 0. The minimum Gasteiger partial charge on any atom is -0.316 e. The van der Waals surface area contributed by atoms with Gasteiger partial charge in [-0.2, -0.15) is 0 Å². The molecule has 3 rings (SSSR count). The first-order chi connectivity index (χ1) is 10.2. The number of rotatable bonds is 5. The van der Waals surface area contributed by atoms with Gasteiger partial charge >= 0.3 is 0 Å². The normalized spacial score (nSPS) is 18.0. The predicted molar refractivity (Wildman–Crippen MR) is 86.4 cm³/mol. The molecule has 0 amide bonds. The van der Waals surface area contributed by atoms with Crippen LogP contribution < -0.4 is 5.32 Å². The average molecular weight is 302 g/mol. The van der Waals surface area contributed by atoms with Gasteiger partial charge < -0.3 is 5.32 Å². The van der Waals surface area contributed by atoms with E-state index in [9.17, 15) is 0 Å². The summed E-state index contributed by atoms with van der Waals surface area (Å²) < 4.78 is 0. The SMILES string of the molecule is CC(C)CNCC1CCc2nc(-c3cncs3)ncc2C1. The number of fused-ring (bicyclic) bond motifs is 1. The highest BCUT2D eigenvalue weighted by atomic mass is 32.1. The lowest BCUT2D eigenvalue weighted by Crippen LogP contribution is -2.30. The van der Waals surface area contributed by atoms with Crippen molar-refractivity contribution in [2.24, 2.45) is 11.8 Å². The fourth-order valence-corrected chi connectivity index (χ4v) is 3.34. The Kier molecular flexibility index (Phi) is 4.60. The summed E-state index contributed by atoms with van der Waals surface area (Å²) in [6.45, 7) is 6.70. The number of hydrogen-bond donors (Lipinski definition) is 1. The molecule has 0 aromatic carbocycles. The molecular weight excluding hydrogens is 280 g/mol. The fourth-order valence-electron chi connectivity index (χ4n) is 2.78. The summed E-state index contributed by atoms with van der Waals surface area (Å²) in [5.74, 6) is 2.26. The molecule has 2 aromatic heterocycles. The van der Waals surface area contributed by atoms with Gasteiger partial charge in [0.1, 0.15) is 0 Å². The van der Waals surface area contributed by atoms with E-state index in [2.05, 4.69) is 29.1 Å². The molecule has 5 heteroatoms. The minimum absolute atomic E-state index is 0.714. The number of nitrogens with one attached hydrogen (secondary N) is 1. The summed E-state index contributed by atoms with van der Waals surface area (Å²) in [6.07, 6.45) is 7.25. The van der Waals surface area contributed by atoms with Crippen molar-refractivity contribution >= 4 is 11.3 Å². The zero-order chi connectivity index (χ0) is 14.7. The highest BCUT2D eigenvalue weighted by Gasteiger charge is 2.20. The molecule has 1 aliphatic rings. The second-order valence-electron chi connectivity index (χ2n) is 6.19. The quantitative estimate of drug-likeness (QED) is 0.922. The summed E-state index contributed by atoms with van der Waals surface area (Å²) in [5.41, 5.74) is 4.38. The molecule has 0 saturated heterocycles. The second kappa shape index (κ2) is 6.62. The lowest BCUT2D eigenvalue weighted by Gasteiger charge is -2.24. The Morgan fingerprint density at radius 2 is 2.29 bits per heavy atom. The van der Waals surface area contributed by atoms with Crippen molar-refractivity contribution in [1.29, 1.82) is 0 Å². The van der Waals surface area contributed by atoms with E-state index in [0.29, 0.717) is 11.8 Å². The molecule has 0 radical (unpaired) electrons.